The van der Waals surface area contributed by atoms with Gasteiger partial charge in [-0.1, -0.05) is 18.2 Å². The predicted molar refractivity (Wildman–Crippen MR) is 99.8 cm³/mol. The number of likely N-dealkylation sites (tertiary alicyclic amines) is 1. The molecule has 0 amide bonds. The predicted octanol–water partition coefficient (Wildman–Crippen LogP) is 1.96. The zero-order chi connectivity index (χ0) is 18.1. The van der Waals surface area contributed by atoms with Gasteiger partial charge in [0.1, 0.15) is 11.6 Å². The van der Waals surface area contributed by atoms with Crippen molar-refractivity contribution in [3.63, 3.8) is 0 Å². The minimum absolute atomic E-state index is 0.517. The number of piperidine rings is 1. The third kappa shape index (κ3) is 5.85. The molecule has 1 aromatic carbocycles. The average molecular weight is 347 g/mol. The van der Waals surface area contributed by atoms with Crippen molar-refractivity contribution < 1.29 is 14.6 Å². The van der Waals surface area contributed by atoms with Crippen LogP contribution in [0.2, 0.25) is 0 Å². The zero-order valence-corrected chi connectivity index (χ0v) is 15.1. The lowest BCUT2D eigenvalue weighted by atomic mass is 9.97. The number of aliphatic hydroxyl groups excluding tert-OH is 1. The lowest BCUT2D eigenvalue weighted by molar-refractivity contribution is -0.0770. The Morgan fingerprint density at radius 2 is 2.20 bits per heavy atom. The number of amidine groups is 1. The van der Waals surface area contributed by atoms with E-state index in [0.717, 1.165) is 37.5 Å². The Labute approximate surface area is 149 Å². The molecule has 138 valence electrons. The monoisotopic (exact) mass is 347 g/mol. The summed E-state index contributed by atoms with van der Waals surface area (Å²) >= 11 is 0. The van der Waals surface area contributed by atoms with Crippen LogP contribution < -0.4 is 10.5 Å². The van der Waals surface area contributed by atoms with Gasteiger partial charge in [-0.15, -0.1) is 0 Å². The van der Waals surface area contributed by atoms with Gasteiger partial charge in [0.2, 0.25) is 0 Å². The maximum Gasteiger partial charge on any atom is 0.180 e. The second-order valence-electron chi connectivity index (χ2n) is 6.12. The van der Waals surface area contributed by atoms with E-state index < -0.39 is 6.29 Å². The third-order valence-electron chi connectivity index (χ3n) is 4.42. The molecule has 6 nitrogen and oxygen atoms in total. The quantitative estimate of drug-likeness (QED) is 0.448. The van der Waals surface area contributed by atoms with E-state index in [1.54, 1.807) is 0 Å². The van der Waals surface area contributed by atoms with Crippen LogP contribution in [0.1, 0.15) is 24.7 Å². The Morgan fingerprint density at radius 1 is 1.44 bits per heavy atom. The highest BCUT2D eigenvalue weighted by Gasteiger charge is 2.21. The normalized spacial score (nSPS) is 17.9. The molecule has 0 radical (unpaired) electrons. The molecule has 1 aromatic rings. The molecule has 0 saturated carbocycles. The van der Waals surface area contributed by atoms with Crippen LogP contribution in [0.3, 0.4) is 0 Å². The molecule has 1 heterocycles. The molecule has 2 rings (SSSR count). The minimum atomic E-state index is -0.917. The molecular formula is C19H29N3O3. The zero-order valence-electron chi connectivity index (χ0n) is 15.1. The van der Waals surface area contributed by atoms with Crippen LogP contribution in [0, 0.1) is 5.92 Å². The Morgan fingerprint density at radius 3 is 2.84 bits per heavy atom. The van der Waals surface area contributed by atoms with Crippen LogP contribution in [-0.2, 0) is 4.74 Å². The summed E-state index contributed by atoms with van der Waals surface area (Å²) in [6.45, 7) is 3.15. The molecule has 1 fully saturated rings. The van der Waals surface area contributed by atoms with Gasteiger partial charge in [0, 0.05) is 39.4 Å². The molecule has 6 heteroatoms. The topological polar surface area (TPSA) is 80.3 Å². The number of aliphatic imine (C=N–C) groups is 1. The van der Waals surface area contributed by atoms with E-state index in [2.05, 4.69) is 9.89 Å². The fraction of sp³-hybridized carbons (Fsp3) is 0.526. The Balaban J connectivity index is 1.82. The molecule has 3 N–H and O–H groups in total. The Bertz CT molecular complexity index is 581. The van der Waals surface area contributed by atoms with Crippen LogP contribution in [0.5, 0.6) is 5.75 Å². The molecule has 1 saturated heterocycles. The number of ether oxygens (including phenoxy) is 2. The van der Waals surface area contributed by atoms with Crippen molar-refractivity contribution >= 4 is 5.84 Å². The summed E-state index contributed by atoms with van der Waals surface area (Å²) in [6.07, 6.45) is 5.13. The summed E-state index contributed by atoms with van der Waals surface area (Å²) in [6, 6.07) is 7.41. The molecule has 25 heavy (non-hydrogen) atoms. The van der Waals surface area contributed by atoms with E-state index in [9.17, 15) is 5.11 Å². The van der Waals surface area contributed by atoms with Gasteiger partial charge in [-0.3, -0.25) is 4.99 Å². The van der Waals surface area contributed by atoms with Crippen LogP contribution in [0.25, 0.3) is 0 Å². The summed E-state index contributed by atoms with van der Waals surface area (Å²) in [5.74, 6) is 2.27. The molecule has 0 aromatic heterocycles. The van der Waals surface area contributed by atoms with Crippen LogP contribution >= 0.6 is 0 Å². The van der Waals surface area contributed by atoms with Crippen molar-refractivity contribution in [2.75, 3.05) is 40.4 Å². The van der Waals surface area contributed by atoms with E-state index in [-0.39, 0.29) is 0 Å². The number of hydrogen-bond acceptors (Lipinski definition) is 5. The number of benzene rings is 1. The Kier molecular flexibility index (Phi) is 7.91. The lowest BCUT2D eigenvalue weighted by Gasteiger charge is -2.33. The smallest absolute Gasteiger partial charge is 0.180 e. The van der Waals surface area contributed by atoms with Gasteiger partial charge >= 0.3 is 0 Å². The van der Waals surface area contributed by atoms with Gasteiger partial charge in [-0.25, -0.2) is 0 Å². The van der Waals surface area contributed by atoms with Crippen LogP contribution in [-0.4, -0.2) is 56.2 Å². The molecular weight excluding hydrogens is 318 g/mol. The van der Waals surface area contributed by atoms with E-state index in [1.165, 1.54) is 7.11 Å². The maximum atomic E-state index is 9.73. The molecule has 1 atom stereocenters. The summed E-state index contributed by atoms with van der Waals surface area (Å²) in [7, 11) is 3.29. The molecule has 0 aliphatic carbocycles. The van der Waals surface area contributed by atoms with Gasteiger partial charge in [0.05, 0.1) is 6.61 Å². The molecule has 0 bridgehead atoms. The maximum absolute atomic E-state index is 9.73. The second kappa shape index (κ2) is 10.2. The van der Waals surface area contributed by atoms with Gasteiger partial charge in [-0.05, 0) is 37.0 Å². The van der Waals surface area contributed by atoms with E-state index in [1.807, 2.05) is 43.5 Å². The lowest BCUT2D eigenvalue weighted by Crippen LogP contribution is -2.39. The summed E-state index contributed by atoms with van der Waals surface area (Å²) in [4.78, 5) is 6.63. The van der Waals surface area contributed by atoms with E-state index in [0.29, 0.717) is 24.6 Å². The fourth-order valence-electron chi connectivity index (χ4n) is 2.93. The van der Waals surface area contributed by atoms with E-state index >= 15 is 0 Å². The van der Waals surface area contributed by atoms with Crippen LogP contribution in [0.4, 0.5) is 0 Å². The number of rotatable bonds is 7. The van der Waals surface area contributed by atoms with Crippen molar-refractivity contribution in [2.24, 2.45) is 16.6 Å². The van der Waals surface area contributed by atoms with Gasteiger partial charge < -0.3 is 25.2 Å². The highest BCUT2D eigenvalue weighted by atomic mass is 16.6. The fourth-order valence-corrected chi connectivity index (χ4v) is 2.93. The van der Waals surface area contributed by atoms with Crippen LogP contribution in [0.15, 0.2) is 41.4 Å². The SMILES string of the molecule is CN=C(/C=C\CN)N1CCC(COc2cccc(C(O)OC)c2)CC1. The molecule has 1 aliphatic rings. The first-order valence-electron chi connectivity index (χ1n) is 8.70. The first-order chi connectivity index (χ1) is 12.2. The number of aliphatic hydroxyl groups is 1. The van der Waals surface area contributed by atoms with Crippen molar-refractivity contribution in [3.05, 3.63) is 42.0 Å². The van der Waals surface area contributed by atoms with Gasteiger partial charge in [-0.2, -0.15) is 0 Å². The van der Waals surface area contributed by atoms with Gasteiger partial charge in [0.15, 0.2) is 6.29 Å². The standard InChI is InChI=1S/C19H29N3O3/c1-21-18(7-4-10-20)22-11-8-15(9-12-22)14-25-17-6-3-5-16(13-17)19(23)24-2/h3-7,13,15,19,23H,8-12,14,20H2,1-2H3/b7-4-,21-18?. The Hall–Kier alpha value is -1.89. The van der Waals surface area contributed by atoms with Crippen molar-refractivity contribution in [1.82, 2.24) is 4.90 Å². The number of methoxy groups -OCH3 is 1. The molecule has 0 spiro atoms. The first-order valence-corrected chi connectivity index (χ1v) is 8.70. The van der Waals surface area contributed by atoms with Crippen molar-refractivity contribution in [3.8, 4) is 5.75 Å². The van der Waals surface area contributed by atoms with E-state index in [4.69, 9.17) is 15.2 Å². The first kappa shape index (κ1) is 19.4. The summed E-state index contributed by atoms with van der Waals surface area (Å²) in [5.41, 5.74) is 6.22. The number of nitrogens with zero attached hydrogens (tertiary/aromatic N) is 2. The minimum Gasteiger partial charge on any atom is -0.493 e. The number of nitrogens with two attached hydrogens (primary N) is 1. The second-order valence-corrected chi connectivity index (χ2v) is 6.12. The average Bonchev–Trinajstić information content (AvgIpc) is 2.67. The third-order valence-corrected chi connectivity index (χ3v) is 4.42. The number of hydrogen-bond donors (Lipinski definition) is 2. The molecule has 1 unspecified atom stereocenters. The highest BCUT2D eigenvalue weighted by molar-refractivity contribution is 5.92. The summed E-state index contributed by atoms with van der Waals surface area (Å²) in [5, 5.41) is 9.73. The largest absolute Gasteiger partial charge is 0.493 e. The summed E-state index contributed by atoms with van der Waals surface area (Å²) < 4.78 is 10.9. The molecule has 1 aliphatic heterocycles. The van der Waals surface area contributed by atoms with Crippen molar-refractivity contribution in [2.45, 2.75) is 19.1 Å². The highest BCUT2D eigenvalue weighted by Crippen LogP contribution is 2.23. The van der Waals surface area contributed by atoms with Crippen molar-refractivity contribution in [1.29, 1.82) is 0 Å². The van der Waals surface area contributed by atoms with Gasteiger partial charge in [0.25, 0.3) is 0 Å².